The molecule has 6 nitrogen and oxygen atoms in total. The summed E-state index contributed by atoms with van der Waals surface area (Å²) in [5.74, 6) is 1.40. The van der Waals surface area contributed by atoms with E-state index in [1.807, 2.05) is 6.07 Å². The Hall–Kier alpha value is -1.34. The molecule has 114 valence electrons. The Morgan fingerprint density at radius 2 is 2.10 bits per heavy atom. The van der Waals surface area contributed by atoms with Crippen molar-refractivity contribution in [2.24, 2.45) is 0 Å². The first kappa shape index (κ1) is 16.7. The first-order chi connectivity index (χ1) is 9.71. The fraction of sp³-hybridized carbons (Fsp3) is 0.571. The van der Waals surface area contributed by atoms with Crippen LogP contribution in [-0.2, 0) is 11.3 Å². The van der Waals surface area contributed by atoms with E-state index in [2.05, 4.69) is 5.32 Å². The predicted octanol–water partition coefficient (Wildman–Crippen LogP) is 0.163. The average Bonchev–Trinajstić information content (AvgIpc) is 2.49. The number of hydrogen-bond acceptors (Lipinski definition) is 6. The first-order valence-electron chi connectivity index (χ1n) is 6.49. The summed E-state index contributed by atoms with van der Waals surface area (Å²) in [7, 11) is 3.26. The Bertz CT molecular complexity index is 386. The van der Waals surface area contributed by atoms with E-state index in [1.54, 1.807) is 26.4 Å². The van der Waals surface area contributed by atoms with Crippen LogP contribution >= 0.6 is 0 Å². The molecule has 0 saturated heterocycles. The zero-order chi connectivity index (χ0) is 14.8. The predicted molar refractivity (Wildman–Crippen MR) is 75.2 cm³/mol. The zero-order valence-electron chi connectivity index (χ0n) is 12.0. The summed E-state index contributed by atoms with van der Waals surface area (Å²) < 4.78 is 15.7. The third-order valence-electron chi connectivity index (χ3n) is 2.71. The molecule has 0 aliphatic heterocycles. The molecule has 1 rings (SSSR count). The van der Waals surface area contributed by atoms with Crippen molar-refractivity contribution >= 4 is 0 Å². The number of nitrogens with one attached hydrogen (secondary N) is 1. The Kier molecular flexibility index (Phi) is 7.98. The summed E-state index contributed by atoms with van der Waals surface area (Å²) in [5, 5.41) is 21.3. The lowest BCUT2D eigenvalue weighted by Crippen LogP contribution is -2.23. The quantitative estimate of drug-likeness (QED) is 0.532. The maximum Gasteiger partial charge on any atom is 0.124 e. The maximum absolute atomic E-state index is 9.33. The van der Waals surface area contributed by atoms with Gasteiger partial charge in [-0.25, -0.2) is 0 Å². The fourth-order valence-electron chi connectivity index (χ4n) is 1.60. The SMILES string of the molecule is COCCNCc1cc(OC)ccc1OCC(O)CO. The molecule has 0 radical (unpaired) electrons. The van der Waals surface area contributed by atoms with Gasteiger partial charge in [-0.3, -0.25) is 0 Å². The van der Waals surface area contributed by atoms with Crippen molar-refractivity contribution in [3.63, 3.8) is 0 Å². The van der Waals surface area contributed by atoms with E-state index in [1.165, 1.54) is 0 Å². The van der Waals surface area contributed by atoms with Gasteiger partial charge < -0.3 is 29.7 Å². The number of methoxy groups -OCH3 is 2. The molecule has 0 heterocycles. The van der Waals surface area contributed by atoms with Gasteiger partial charge in [0.1, 0.15) is 24.2 Å². The molecule has 1 aromatic rings. The lowest BCUT2D eigenvalue weighted by atomic mass is 10.2. The standard InChI is InChI=1S/C14H23NO5/c1-18-6-5-15-8-11-7-13(19-2)3-4-14(11)20-10-12(17)9-16/h3-4,7,12,15-17H,5-6,8-10H2,1-2H3. The number of benzene rings is 1. The molecule has 0 aliphatic rings. The molecule has 0 aromatic heterocycles. The van der Waals surface area contributed by atoms with Crippen LogP contribution in [0.25, 0.3) is 0 Å². The molecule has 20 heavy (non-hydrogen) atoms. The van der Waals surface area contributed by atoms with Gasteiger partial charge in [0.15, 0.2) is 0 Å². The second kappa shape index (κ2) is 9.55. The summed E-state index contributed by atoms with van der Waals surface area (Å²) in [6.07, 6.45) is -0.883. The van der Waals surface area contributed by atoms with E-state index >= 15 is 0 Å². The van der Waals surface area contributed by atoms with Crippen molar-refractivity contribution < 1.29 is 24.4 Å². The van der Waals surface area contributed by atoms with Crippen molar-refractivity contribution in [3.05, 3.63) is 23.8 Å². The summed E-state index contributed by atoms with van der Waals surface area (Å²) in [6.45, 7) is 1.69. The van der Waals surface area contributed by atoms with E-state index in [9.17, 15) is 5.11 Å². The van der Waals surface area contributed by atoms with Crippen molar-refractivity contribution in [3.8, 4) is 11.5 Å². The van der Waals surface area contributed by atoms with Crippen molar-refractivity contribution in [2.75, 3.05) is 40.6 Å². The van der Waals surface area contributed by atoms with Gasteiger partial charge in [0.05, 0.1) is 20.3 Å². The minimum atomic E-state index is -0.883. The maximum atomic E-state index is 9.33. The molecule has 0 bridgehead atoms. The molecule has 0 amide bonds. The molecule has 1 atom stereocenters. The minimum absolute atomic E-state index is 0.0495. The largest absolute Gasteiger partial charge is 0.497 e. The fourth-order valence-corrected chi connectivity index (χ4v) is 1.60. The molecule has 1 unspecified atom stereocenters. The van der Waals surface area contributed by atoms with E-state index in [-0.39, 0.29) is 13.2 Å². The molecule has 0 spiro atoms. The molecule has 0 fully saturated rings. The Balaban J connectivity index is 2.65. The molecule has 6 heteroatoms. The number of rotatable bonds is 10. The Labute approximate surface area is 119 Å². The van der Waals surface area contributed by atoms with Crippen LogP contribution in [0.5, 0.6) is 11.5 Å². The van der Waals surface area contributed by atoms with Crippen molar-refractivity contribution in [1.82, 2.24) is 5.32 Å². The second-order valence-corrected chi connectivity index (χ2v) is 4.29. The molecular formula is C14H23NO5. The number of aliphatic hydroxyl groups is 2. The monoisotopic (exact) mass is 285 g/mol. The van der Waals surface area contributed by atoms with Crippen LogP contribution in [0.4, 0.5) is 0 Å². The van der Waals surface area contributed by atoms with Gasteiger partial charge in [-0.15, -0.1) is 0 Å². The van der Waals surface area contributed by atoms with Crippen molar-refractivity contribution in [1.29, 1.82) is 0 Å². The summed E-state index contributed by atoms with van der Waals surface area (Å²) >= 11 is 0. The third kappa shape index (κ3) is 5.75. The number of hydrogen-bond donors (Lipinski definition) is 3. The normalized spacial score (nSPS) is 12.2. The highest BCUT2D eigenvalue weighted by Crippen LogP contribution is 2.24. The highest BCUT2D eigenvalue weighted by Gasteiger charge is 2.08. The van der Waals surface area contributed by atoms with Gasteiger partial charge in [-0.05, 0) is 18.2 Å². The van der Waals surface area contributed by atoms with Gasteiger partial charge in [0.2, 0.25) is 0 Å². The van der Waals surface area contributed by atoms with Crippen LogP contribution < -0.4 is 14.8 Å². The molecule has 3 N–H and O–H groups in total. The molecule has 1 aromatic carbocycles. The molecular weight excluding hydrogens is 262 g/mol. The van der Waals surface area contributed by atoms with E-state index in [0.717, 1.165) is 17.9 Å². The van der Waals surface area contributed by atoms with Gasteiger partial charge >= 0.3 is 0 Å². The average molecular weight is 285 g/mol. The second-order valence-electron chi connectivity index (χ2n) is 4.29. The number of ether oxygens (including phenoxy) is 3. The van der Waals surface area contributed by atoms with Gasteiger partial charge in [-0.2, -0.15) is 0 Å². The van der Waals surface area contributed by atoms with Crippen LogP contribution in [0.3, 0.4) is 0 Å². The summed E-state index contributed by atoms with van der Waals surface area (Å²) in [5.41, 5.74) is 0.922. The minimum Gasteiger partial charge on any atom is -0.497 e. The Morgan fingerprint density at radius 1 is 1.30 bits per heavy atom. The third-order valence-corrected chi connectivity index (χ3v) is 2.71. The molecule has 0 aliphatic carbocycles. The van der Waals surface area contributed by atoms with E-state index < -0.39 is 6.10 Å². The van der Waals surface area contributed by atoms with E-state index in [4.69, 9.17) is 19.3 Å². The highest BCUT2D eigenvalue weighted by atomic mass is 16.5. The first-order valence-corrected chi connectivity index (χ1v) is 6.49. The summed E-state index contributed by atoms with van der Waals surface area (Å²) in [6, 6.07) is 5.45. The van der Waals surface area contributed by atoms with E-state index in [0.29, 0.717) is 18.9 Å². The van der Waals surface area contributed by atoms with Gasteiger partial charge in [-0.1, -0.05) is 0 Å². The van der Waals surface area contributed by atoms with Crippen LogP contribution in [0.2, 0.25) is 0 Å². The van der Waals surface area contributed by atoms with Crippen LogP contribution in [0, 0.1) is 0 Å². The topological polar surface area (TPSA) is 80.2 Å². The lowest BCUT2D eigenvalue weighted by molar-refractivity contribution is 0.0532. The smallest absolute Gasteiger partial charge is 0.124 e. The van der Waals surface area contributed by atoms with Crippen molar-refractivity contribution in [2.45, 2.75) is 12.6 Å². The number of aliphatic hydroxyl groups excluding tert-OH is 2. The lowest BCUT2D eigenvalue weighted by Gasteiger charge is -2.15. The molecule has 0 saturated carbocycles. The van der Waals surface area contributed by atoms with Gasteiger partial charge in [0.25, 0.3) is 0 Å². The summed E-state index contributed by atoms with van der Waals surface area (Å²) in [4.78, 5) is 0. The van der Waals surface area contributed by atoms with Crippen LogP contribution in [0.1, 0.15) is 5.56 Å². The zero-order valence-corrected chi connectivity index (χ0v) is 12.0. The highest BCUT2D eigenvalue weighted by molar-refractivity contribution is 5.40. The Morgan fingerprint density at radius 3 is 2.75 bits per heavy atom. The van der Waals surface area contributed by atoms with Crippen LogP contribution in [-0.4, -0.2) is 56.9 Å². The van der Waals surface area contributed by atoms with Gasteiger partial charge in [0, 0.05) is 25.8 Å². The van der Waals surface area contributed by atoms with Crippen LogP contribution in [0.15, 0.2) is 18.2 Å².